The summed E-state index contributed by atoms with van der Waals surface area (Å²) in [5.41, 5.74) is 1.13. The van der Waals surface area contributed by atoms with Crippen molar-refractivity contribution in [3.8, 4) is 5.75 Å². The van der Waals surface area contributed by atoms with E-state index in [4.69, 9.17) is 9.47 Å². The summed E-state index contributed by atoms with van der Waals surface area (Å²) < 4.78 is 11.1. The van der Waals surface area contributed by atoms with Gasteiger partial charge in [0.25, 0.3) is 17.5 Å². The molecule has 1 atom stereocenters. The fourth-order valence-corrected chi connectivity index (χ4v) is 5.09. The van der Waals surface area contributed by atoms with Crippen LogP contribution in [0.5, 0.6) is 5.75 Å². The lowest BCUT2D eigenvalue weighted by Gasteiger charge is -2.27. The zero-order valence-electron chi connectivity index (χ0n) is 22.7. The molecule has 2 amide bonds. The minimum absolute atomic E-state index is 0.0366. The summed E-state index contributed by atoms with van der Waals surface area (Å²) in [4.78, 5) is 64.4. The highest BCUT2D eigenvalue weighted by Crippen LogP contribution is 2.42. The molecule has 11 nitrogen and oxygen atoms in total. The van der Waals surface area contributed by atoms with Gasteiger partial charge in [0.05, 0.1) is 39.4 Å². The van der Waals surface area contributed by atoms with Crippen LogP contribution in [0.25, 0.3) is 0 Å². The van der Waals surface area contributed by atoms with E-state index in [2.05, 4.69) is 5.32 Å². The fourth-order valence-electron chi connectivity index (χ4n) is 5.09. The van der Waals surface area contributed by atoms with Crippen molar-refractivity contribution in [2.24, 2.45) is 0 Å². The molecule has 0 spiro atoms. The number of carbonyl (C=O) groups excluding carboxylic acids is 4. The number of amides is 2. The van der Waals surface area contributed by atoms with Crippen LogP contribution in [0.3, 0.4) is 0 Å². The van der Waals surface area contributed by atoms with Gasteiger partial charge in [-0.2, -0.15) is 0 Å². The van der Waals surface area contributed by atoms with Crippen molar-refractivity contribution in [2.75, 3.05) is 13.2 Å². The SMILES string of the molecule is CC1=C(C(=O)OCCN2C(=O)c3ccccc3C2=O)C(c2ccccc2OC(=O)c2ccccc2)C([N+](=O)[O-])=C(C)N1. The van der Waals surface area contributed by atoms with Crippen LogP contribution < -0.4 is 10.1 Å². The van der Waals surface area contributed by atoms with Crippen LogP contribution in [0.4, 0.5) is 0 Å². The second-order valence-corrected chi connectivity index (χ2v) is 9.60. The topological polar surface area (TPSA) is 145 Å². The standard InChI is InChI=1S/C31H25N3O8/c1-18-25(31(38)41-17-16-33-28(35)21-12-6-7-13-22(21)29(33)36)26(27(34(39)40)19(2)32-18)23-14-8-9-15-24(23)42-30(37)20-10-4-3-5-11-20/h3-15,26,32H,16-17H2,1-2H3. The van der Waals surface area contributed by atoms with Gasteiger partial charge >= 0.3 is 11.9 Å². The van der Waals surface area contributed by atoms with Crippen molar-refractivity contribution < 1.29 is 33.6 Å². The van der Waals surface area contributed by atoms with Crippen molar-refractivity contribution in [1.82, 2.24) is 10.2 Å². The Labute approximate surface area is 240 Å². The van der Waals surface area contributed by atoms with E-state index in [1.54, 1.807) is 79.7 Å². The molecular weight excluding hydrogens is 542 g/mol. The van der Waals surface area contributed by atoms with Gasteiger partial charge in [0.1, 0.15) is 18.3 Å². The van der Waals surface area contributed by atoms with E-state index >= 15 is 0 Å². The van der Waals surface area contributed by atoms with Crippen LogP contribution in [-0.4, -0.2) is 46.7 Å². The highest BCUT2D eigenvalue weighted by Gasteiger charge is 2.43. The smallest absolute Gasteiger partial charge is 0.343 e. The zero-order valence-corrected chi connectivity index (χ0v) is 22.7. The molecule has 5 rings (SSSR count). The molecule has 0 aromatic heterocycles. The van der Waals surface area contributed by atoms with Crippen LogP contribution >= 0.6 is 0 Å². The molecule has 0 saturated carbocycles. The number of benzene rings is 3. The van der Waals surface area contributed by atoms with Crippen LogP contribution in [0, 0.1) is 10.1 Å². The van der Waals surface area contributed by atoms with Gasteiger partial charge in [-0.3, -0.25) is 24.6 Å². The number of nitrogens with zero attached hydrogens (tertiary/aromatic N) is 2. The van der Waals surface area contributed by atoms with Gasteiger partial charge in [-0.15, -0.1) is 0 Å². The van der Waals surface area contributed by atoms with Crippen molar-refractivity contribution in [3.63, 3.8) is 0 Å². The Kier molecular flexibility index (Phi) is 7.65. The fraction of sp³-hybridized carbons (Fsp3) is 0.161. The molecule has 0 fully saturated rings. The van der Waals surface area contributed by atoms with E-state index in [1.807, 2.05) is 0 Å². The van der Waals surface area contributed by atoms with Gasteiger partial charge < -0.3 is 14.8 Å². The van der Waals surface area contributed by atoms with Gasteiger partial charge in [-0.05, 0) is 44.2 Å². The predicted octanol–water partition coefficient (Wildman–Crippen LogP) is 4.21. The van der Waals surface area contributed by atoms with E-state index in [9.17, 15) is 29.3 Å². The lowest BCUT2D eigenvalue weighted by atomic mass is 9.83. The van der Waals surface area contributed by atoms with Crippen molar-refractivity contribution in [2.45, 2.75) is 19.8 Å². The number of carbonyl (C=O) groups is 4. The summed E-state index contributed by atoms with van der Waals surface area (Å²) in [6.07, 6.45) is 0. The number of imide groups is 1. The van der Waals surface area contributed by atoms with E-state index in [1.165, 1.54) is 13.0 Å². The van der Waals surface area contributed by atoms with Gasteiger partial charge in [0, 0.05) is 11.3 Å². The average molecular weight is 568 g/mol. The molecule has 2 aliphatic rings. The predicted molar refractivity (Wildman–Crippen MR) is 149 cm³/mol. The molecule has 0 saturated heterocycles. The third kappa shape index (κ3) is 5.15. The number of ether oxygens (including phenoxy) is 2. The number of rotatable bonds is 8. The number of esters is 2. The maximum absolute atomic E-state index is 13.5. The van der Waals surface area contributed by atoms with Gasteiger partial charge in [-0.1, -0.05) is 48.5 Å². The summed E-state index contributed by atoms with van der Waals surface area (Å²) >= 11 is 0. The van der Waals surface area contributed by atoms with E-state index in [-0.39, 0.29) is 58.1 Å². The average Bonchev–Trinajstić information content (AvgIpc) is 3.22. The Morgan fingerprint density at radius 2 is 1.45 bits per heavy atom. The third-order valence-electron chi connectivity index (χ3n) is 7.01. The molecule has 0 bridgehead atoms. The number of para-hydroxylation sites is 1. The first-order chi connectivity index (χ1) is 20.2. The van der Waals surface area contributed by atoms with E-state index in [0.29, 0.717) is 5.70 Å². The lowest BCUT2D eigenvalue weighted by molar-refractivity contribution is -0.431. The molecule has 2 heterocycles. The molecule has 0 aliphatic carbocycles. The third-order valence-corrected chi connectivity index (χ3v) is 7.01. The summed E-state index contributed by atoms with van der Waals surface area (Å²) in [7, 11) is 0. The number of allylic oxidation sites excluding steroid dienone is 3. The number of hydrogen-bond donors (Lipinski definition) is 1. The first-order valence-electron chi connectivity index (χ1n) is 13.0. The van der Waals surface area contributed by atoms with Crippen molar-refractivity contribution >= 4 is 23.8 Å². The molecule has 212 valence electrons. The minimum Gasteiger partial charge on any atom is -0.460 e. The minimum atomic E-state index is -1.26. The number of nitro groups is 1. The molecule has 0 radical (unpaired) electrons. The second-order valence-electron chi connectivity index (χ2n) is 9.60. The Hall–Kier alpha value is -5.58. The second kappa shape index (κ2) is 11.5. The Morgan fingerprint density at radius 3 is 2.10 bits per heavy atom. The first-order valence-corrected chi connectivity index (χ1v) is 13.0. The maximum Gasteiger partial charge on any atom is 0.343 e. The largest absolute Gasteiger partial charge is 0.460 e. The van der Waals surface area contributed by atoms with E-state index in [0.717, 1.165) is 4.90 Å². The quantitative estimate of drug-likeness (QED) is 0.139. The Morgan fingerprint density at radius 1 is 0.857 bits per heavy atom. The van der Waals surface area contributed by atoms with Crippen LogP contribution in [-0.2, 0) is 9.53 Å². The summed E-state index contributed by atoms with van der Waals surface area (Å²) in [5.74, 6) is -3.78. The maximum atomic E-state index is 13.5. The molecule has 3 aromatic carbocycles. The normalized spacial score (nSPS) is 16.2. The number of hydrogen-bond acceptors (Lipinski definition) is 9. The first kappa shape index (κ1) is 28.0. The number of nitrogens with one attached hydrogen (secondary N) is 1. The van der Waals surface area contributed by atoms with Gasteiger partial charge in [-0.25, -0.2) is 9.59 Å². The zero-order chi connectivity index (χ0) is 30.0. The Balaban J connectivity index is 1.42. The molecular formula is C31H25N3O8. The lowest BCUT2D eigenvalue weighted by Crippen LogP contribution is -2.35. The summed E-state index contributed by atoms with van der Waals surface area (Å²) in [6, 6.07) is 20.9. The highest BCUT2D eigenvalue weighted by molar-refractivity contribution is 6.21. The van der Waals surface area contributed by atoms with E-state index < -0.39 is 34.6 Å². The molecule has 1 N–H and O–H groups in total. The monoisotopic (exact) mass is 567 g/mol. The Bertz CT molecular complexity index is 1660. The molecule has 1 unspecified atom stereocenters. The molecule has 42 heavy (non-hydrogen) atoms. The van der Waals surface area contributed by atoms with Crippen LogP contribution in [0.15, 0.2) is 102 Å². The van der Waals surface area contributed by atoms with Gasteiger partial charge in [0.15, 0.2) is 0 Å². The molecule has 3 aromatic rings. The van der Waals surface area contributed by atoms with Crippen LogP contribution in [0.2, 0.25) is 0 Å². The summed E-state index contributed by atoms with van der Waals surface area (Å²) in [5, 5.41) is 15.2. The number of dihydropyridines is 1. The van der Waals surface area contributed by atoms with Crippen molar-refractivity contribution in [1.29, 1.82) is 0 Å². The highest BCUT2D eigenvalue weighted by atomic mass is 16.6. The van der Waals surface area contributed by atoms with Gasteiger partial charge in [0.2, 0.25) is 0 Å². The summed E-state index contributed by atoms with van der Waals surface area (Å²) in [6.45, 7) is 2.55. The van der Waals surface area contributed by atoms with Crippen molar-refractivity contribution in [3.05, 3.63) is 134 Å². The van der Waals surface area contributed by atoms with Crippen LogP contribution in [0.1, 0.15) is 56.4 Å². The molecule has 11 heteroatoms. The number of fused-ring (bicyclic) bond motifs is 1. The molecule has 2 aliphatic heterocycles.